The third-order valence-electron chi connectivity index (χ3n) is 6.62. The number of H-pyrrole nitrogens is 2. The Bertz CT molecular complexity index is 1300. The van der Waals surface area contributed by atoms with Gasteiger partial charge < -0.3 is 15.4 Å². The Morgan fingerprint density at radius 2 is 2.06 bits per heavy atom. The molecule has 4 aromatic rings. The number of imidazole rings is 1. The van der Waals surface area contributed by atoms with Crippen LogP contribution in [0, 0.1) is 12.7 Å². The van der Waals surface area contributed by atoms with Gasteiger partial charge in [-0.05, 0) is 54.2 Å². The molecule has 8 heteroatoms. The van der Waals surface area contributed by atoms with Crippen molar-refractivity contribution in [1.29, 1.82) is 0 Å². The summed E-state index contributed by atoms with van der Waals surface area (Å²) >= 11 is 0. The highest BCUT2D eigenvalue weighted by molar-refractivity contribution is 6.06. The number of fused-ring (bicyclic) bond motifs is 1. The van der Waals surface area contributed by atoms with Crippen LogP contribution in [0.2, 0.25) is 0 Å². The quantitative estimate of drug-likeness (QED) is 0.371. The maximum atomic E-state index is 15.0. The van der Waals surface area contributed by atoms with Gasteiger partial charge in [0.25, 0.3) is 5.91 Å². The predicted octanol–water partition coefficient (Wildman–Crippen LogP) is 4.02. The van der Waals surface area contributed by atoms with Crippen LogP contribution in [0.4, 0.5) is 4.39 Å². The first kappa shape index (κ1) is 21.3. The molecule has 2 aromatic heterocycles. The van der Waals surface area contributed by atoms with Gasteiger partial charge in [-0.15, -0.1) is 0 Å². The highest BCUT2D eigenvalue weighted by atomic mass is 19.1. The molecule has 1 aliphatic carbocycles. The fraction of sp³-hybridized carbons (Fsp3) is 0.320. The minimum atomic E-state index is -0.535. The van der Waals surface area contributed by atoms with Gasteiger partial charge in [-0.2, -0.15) is 5.10 Å². The van der Waals surface area contributed by atoms with Crippen molar-refractivity contribution in [1.82, 2.24) is 25.5 Å². The van der Waals surface area contributed by atoms with Crippen LogP contribution in [-0.4, -0.2) is 43.3 Å². The summed E-state index contributed by atoms with van der Waals surface area (Å²) in [5, 5.41) is 19.9. The molecule has 2 aromatic carbocycles. The standard InChI is InChI=1S/C25H26FN5O2/c1-14-17(8-16-7-6-15(10-20(16)26)18-11-29-30-12-18)9-19(24-23(14)27-13-28-24)25(33)31-21-4-2-3-5-22(21)32/h6-7,9-13,21-22,32H,2-5,8H2,1H3,(H,27,28)(H,29,30)(H,31,33)/t21-,22-/m1/s1. The first-order valence-electron chi connectivity index (χ1n) is 11.2. The van der Waals surface area contributed by atoms with Crippen molar-refractivity contribution in [2.75, 3.05) is 0 Å². The molecule has 0 saturated heterocycles. The fourth-order valence-corrected chi connectivity index (χ4v) is 4.66. The van der Waals surface area contributed by atoms with E-state index >= 15 is 0 Å². The van der Waals surface area contributed by atoms with Crippen LogP contribution in [-0.2, 0) is 6.42 Å². The van der Waals surface area contributed by atoms with Crippen molar-refractivity contribution in [3.05, 3.63) is 71.1 Å². The third-order valence-corrected chi connectivity index (χ3v) is 6.62. The average Bonchev–Trinajstić information content (AvgIpc) is 3.51. The number of amides is 1. The molecule has 1 saturated carbocycles. The third kappa shape index (κ3) is 4.14. The average molecular weight is 448 g/mol. The molecule has 7 nitrogen and oxygen atoms in total. The van der Waals surface area contributed by atoms with E-state index in [-0.39, 0.29) is 17.8 Å². The second-order valence-electron chi connectivity index (χ2n) is 8.74. The van der Waals surface area contributed by atoms with Crippen molar-refractivity contribution in [3.8, 4) is 11.1 Å². The predicted molar refractivity (Wildman–Crippen MR) is 123 cm³/mol. The molecule has 0 bridgehead atoms. The Balaban J connectivity index is 1.46. The lowest BCUT2D eigenvalue weighted by Crippen LogP contribution is -2.45. The largest absolute Gasteiger partial charge is 0.391 e. The van der Waals surface area contributed by atoms with E-state index in [1.54, 1.807) is 24.8 Å². The van der Waals surface area contributed by atoms with E-state index < -0.39 is 6.10 Å². The van der Waals surface area contributed by atoms with Gasteiger partial charge in [-0.25, -0.2) is 9.37 Å². The monoisotopic (exact) mass is 447 g/mol. The van der Waals surface area contributed by atoms with Gasteiger partial charge in [0.15, 0.2) is 0 Å². The van der Waals surface area contributed by atoms with Crippen LogP contribution >= 0.6 is 0 Å². The summed E-state index contributed by atoms with van der Waals surface area (Å²) in [5.74, 6) is -0.571. The lowest BCUT2D eigenvalue weighted by Gasteiger charge is -2.28. The van der Waals surface area contributed by atoms with E-state index in [9.17, 15) is 14.3 Å². The van der Waals surface area contributed by atoms with Gasteiger partial charge in [0.05, 0.1) is 41.3 Å². The Kier molecular flexibility index (Phi) is 5.68. The molecule has 4 N–H and O–H groups in total. The molecule has 0 unspecified atom stereocenters. The number of halogens is 1. The lowest BCUT2D eigenvalue weighted by atomic mass is 9.91. The SMILES string of the molecule is Cc1c(Cc2ccc(-c3cn[nH]c3)cc2F)cc(C(=O)N[C@@H]2CCCC[C@H]2O)c2[nH]cnc12. The van der Waals surface area contributed by atoms with E-state index in [0.29, 0.717) is 35.0 Å². The number of aromatic nitrogens is 4. The molecule has 1 aliphatic rings. The summed E-state index contributed by atoms with van der Waals surface area (Å²) in [4.78, 5) is 20.6. The Labute approximate surface area is 190 Å². The number of nitrogens with zero attached hydrogens (tertiary/aromatic N) is 2. The molecule has 0 radical (unpaired) electrons. The molecule has 170 valence electrons. The summed E-state index contributed by atoms with van der Waals surface area (Å²) in [6, 6.07) is 6.68. The molecule has 2 heterocycles. The summed E-state index contributed by atoms with van der Waals surface area (Å²) in [7, 11) is 0. The number of carbonyl (C=O) groups is 1. The van der Waals surface area contributed by atoms with E-state index in [0.717, 1.165) is 41.5 Å². The number of hydrogen-bond donors (Lipinski definition) is 4. The number of aliphatic hydroxyl groups excluding tert-OH is 1. The van der Waals surface area contributed by atoms with Gasteiger partial charge in [-0.3, -0.25) is 9.89 Å². The Hall–Kier alpha value is -3.52. The Morgan fingerprint density at radius 3 is 2.82 bits per heavy atom. The van der Waals surface area contributed by atoms with Crippen LogP contribution in [0.15, 0.2) is 43.0 Å². The van der Waals surface area contributed by atoms with Gasteiger partial charge in [-0.1, -0.05) is 25.0 Å². The van der Waals surface area contributed by atoms with Crippen LogP contribution in [0.3, 0.4) is 0 Å². The number of aryl methyl sites for hydroxylation is 1. The van der Waals surface area contributed by atoms with E-state index in [2.05, 4.69) is 25.5 Å². The molecule has 0 aliphatic heterocycles. The molecule has 33 heavy (non-hydrogen) atoms. The van der Waals surface area contributed by atoms with Crippen LogP contribution in [0.5, 0.6) is 0 Å². The maximum Gasteiger partial charge on any atom is 0.253 e. The van der Waals surface area contributed by atoms with Crippen molar-refractivity contribution in [3.63, 3.8) is 0 Å². The van der Waals surface area contributed by atoms with Crippen molar-refractivity contribution >= 4 is 16.9 Å². The minimum Gasteiger partial charge on any atom is -0.391 e. The number of nitrogens with one attached hydrogen (secondary N) is 3. The number of aromatic amines is 2. The zero-order chi connectivity index (χ0) is 22.9. The van der Waals surface area contributed by atoms with Crippen LogP contribution < -0.4 is 5.32 Å². The number of hydrogen-bond acceptors (Lipinski definition) is 4. The summed E-state index contributed by atoms with van der Waals surface area (Å²) < 4.78 is 15.0. The van der Waals surface area contributed by atoms with E-state index in [1.807, 2.05) is 19.1 Å². The zero-order valence-corrected chi connectivity index (χ0v) is 18.4. The number of benzene rings is 2. The first-order valence-corrected chi connectivity index (χ1v) is 11.2. The minimum absolute atomic E-state index is 0.257. The van der Waals surface area contributed by atoms with E-state index in [4.69, 9.17) is 0 Å². The smallest absolute Gasteiger partial charge is 0.253 e. The maximum absolute atomic E-state index is 15.0. The lowest BCUT2D eigenvalue weighted by molar-refractivity contribution is 0.0718. The Morgan fingerprint density at radius 1 is 1.21 bits per heavy atom. The van der Waals surface area contributed by atoms with E-state index in [1.165, 1.54) is 6.07 Å². The second-order valence-corrected chi connectivity index (χ2v) is 8.74. The van der Waals surface area contributed by atoms with Gasteiger partial charge in [0.1, 0.15) is 5.82 Å². The molecule has 1 fully saturated rings. The van der Waals surface area contributed by atoms with Crippen LogP contribution in [0.25, 0.3) is 22.2 Å². The summed E-state index contributed by atoms with van der Waals surface area (Å²) in [5.41, 5.74) is 5.63. The molecular formula is C25H26FN5O2. The normalized spacial score (nSPS) is 18.5. The van der Waals surface area contributed by atoms with Crippen LogP contribution in [0.1, 0.15) is 52.7 Å². The molecule has 0 spiro atoms. The van der Waals surface area contributed by atoms with Crippen molar-refractivity contribution < 1.29 is 14.3 Å². The fourth-order valence-electron chi connectivity index (χ4n) is 4.66. The molecular weight excluding hydrogens is 421 g/mol. The topological polar surface area (TPSA) is 107 Å². The number of aliphatic hydroxyl groups is 1. The van der Waals surface area contributed by atoms with Crippen molar-refractivity contribution in [2.24, 2.45) is 0 Å². The summed E-state index contributed by atoms with van der Waals surface area (Å²) in [6.45, 7) is 1.93. The van der Waals surface area contributed by atoms with Gasteiger partial charge >= 0.3 is 0 Å². The molecule has 2 atom stereocenters. The second kappa shape index (κ2) is 8.78. The van der Waals surface area contributed by atoms with Crippen molar-refractivity contribution in [2.45, 2.75) is 51.2 Å². The highest BCUT2D eigenvalue weighted by Gasteiger charge is 2.26. The number of carbonyl (C=O) groups excluding carboxylic acids is 1. The molecule has 5 rings (SSSR count). The summed E-state index contributed by atoms with van der Waals surface area (Å²) in [6.07, 6.45) is 8.13. The highest BCUT2D eigenvalue weighted by Crippen LogP contribution is 2.28. The molecule has 1 amide bonds. The van der Waals surface area contributed by atoms with Gasteiger partial charge in [0, 0.05) is 18.2 Å². The number of rotatable bonds is 5. The zero-order valence-electron chi connectivity index (χ0n) is 18.4. The first-order chi connectivity index (χ1) is 16.0. The van der Waals surface area contributed by atoms with Gasteiger partial charge in [0.2, 0.25) is 0 Å².